The van der Waals surface area contributed by atoms with E-state index in [0.29, 0.717) is 4.48 Å². The smallest absolute Gasteiger partial charge is 0.376 e. The molecule has 0 amide bonds. The standard InChI is InChI=1S/C25H51NO2P/c1-6-8-9-10-11-12-13-14-15-16-17-18-19-20-21-22-24-25(23-7-2,29(27)28)26(3,4)5/h17-18H,6-16,19-24H2,1-5H3/q+1/b18-17-. The van der Waals surface area contributed by atoms with E-state index in [1.807, 2.05) is 21.1 Å². The molecular formula is C25H51NO2P+. The van der Waals surface area contributed by atoms with E-state index >= 15 is 0 Å². The molecule has 172 valence electrons. The Bertz CT molecular complexity index is 431. The highest BCUT2D eigenvalue weighted by molar-refractivity contribution is 7.38. The largest absolute Gasteiger partial charge is 0.590 e. The van der Waals surface area contributed by atoms with Crippen molar-refractivity contribution in [2.45, 2.75) is 128 Å². The van der Waals surface area contributed by atoms with Gasteiger partial charge in [0, 0.05) is 12.8 Å². The van der Waals surface area contributed by atoms with Crippen LogP contribution in [0.25, 0.3) is 0 Å². The first-order valence-electron chi connectivity index (χ1n) is 12.4. The number of allylic oxidation sites excluding steroid dienone is 2. The molecule has 0 saturated heterocycles. The number of rotatable bonds is 20. The van der Waals surface area contributed by atoms with E-state index in [2.05, 4.69) is 26.0 Å². The monoisotopic (exact) mass is 428 g/mol. The van der Waals surface area contributed by atoms with Crippen LogP contribution in [0.3, 0.4) is 0 Å². The molecule has 0 bridgehead atoms. The average Bonchev–Trinajstić information content (AvgIpc) is 2.65. The third-order valence-corrected chi connectivity index (χ3v) is 8.05. The molecule has 0 rings (SSSR count). The number of quaternary nitrogens is 1. The van der Waals surface area contributed by atoms with E-state index in [9.17, 15) is 9.46 Å². The number of unbranched alkanes of at least 4 members (excludes halogenated alkanes) is 12. The number of hydrogen-bond donors (Lipinski definition) is 0. The molecule has 2 unspecified atom stereocenters. The molecule has 0 aliphatic heterocycles. The molecule has 0 heterocycles. The topological polar surface area (TPSA) is 40.1 Å². The van der Waals surface area contributed by atoms with Crippen LogP contribution in [0, 0.1) is 0 Å². The zero-order chi connectivity index (χ0) is 22.0. The number of nitrogens with zero attached hydrogens (tertiary/aromatic N) is 1. The highest BCUT2D eigenvalue weighted by Gasteiger charge is 2.53. The Morgan fingerprint density at radius 2 is 1.14 bits per heavy atom. The van der Waals surface area contributed by atoms with Gasteiger partial charge in [0.05, 0.1) is 21.1 Å². The zero-order valence-corrected chi connectivity index (χ0v) is 21.3. The summed E-state index contributed by atoms with van der Waals surface area (Å²) in [6.45, 7) is 4.36. The van der Waals surface area contributed by atoms with Crippen LogP contribution >= 0.6 is 8.03 Å². The van der Waals surface area contributed by atoms with Crippen molar-refractivity contribution in [2.24, 2.45) is 0 Å². The summed E-state index contributed by atoms with van der Waals surface area (Å²) in [5.74, 6) is 0. The molecule has 0 aromatic rings. The fourth-order valence-electron chi connectivity index (χ4n) is 4.28. The lowest BCUT2D eigenvalue weighted by Crippen LogP contribution is -2.55. The summed E-state index contributed by atoms with van der Waals surface area (Å²) < 4.78 is 12.6. The van der Waals surface area contributed by atoms with Crippen LogP contribution in [0.2, 0.25) is 0 Å². The molecule has 0 saturated carbocycles. The zero-order valence-electron chi connectivity index (χ0n) is 20.4. The summed E-state index contributed by atoms with van der Waals surface area (Å²) in [6, 6.07) is 0. The maximum Gasteiger partial charge on any atom is 0.376 e. The lowest BCUT2D eigenvalue weighted by molar-refractivity contribution is -0.910. The Balaban J connectivity index is 3.78. The lowest BCUT2D eigenvalue weighted by atomic mass is 9.99. The molecule has 29 heavy (non-hydrogen) atoms. The summed E-state index contributed by atoms with van der Waals surface area (Å²) in [4.78, 5) is 12.1. The van der Waals surface area contributed by atoms with Gasteiger partial charge in [0.2, 0.25) is 0 Å². The SMILES string of the molecule is CCCCCCCCCCC/C=C\CCCCCC(CCC)([P+](=O)[O-])[N+](C)(C)C. The normalized spacial score (nSPS) is 15.0. The van der Waals surface area contributed by atoms with Crippen molar-refractivity contribution in [1.29, 1.82) is 0 Å². The summed E-state index contributed by atoms with van der Waals surface area (Å²) >= 11 is 0. The van der Waals surface area contributed by atoms with Gasteiger partial charge >= 0.3 is 8.03 Å². The summed E-state index contributed by atoms with van der Waals surface area (Å²) in [5.41, 5.74) is 0. The molecule has 2 atom stereocenters. The van der Waals surface area contributed by atoms with Crippen molar-refractivity contribution in [2.75, 3.05) is 21.1 Å². The Labute approximate surface area is 183 Å². The highest BCUT2D eigenvalue weighted by atomic mass is 31.1. The molecule has 0 aromatic carbocycles. The van der Waals surface area contributed by atoms with Gasteiger partial charge in [0.1, 0.15) is 0 Å². The Kier molecular flexibility index (Phi) is 17.3. The van der Waals surface area contributed by atoms with Gasteiger partial charge < -0.3 is 4.89 Å². The second-order valence-corrected chi connectivity index (χ2v) is 11.0. The minimum Gasteiger partial charge on any atom is -0.590 e. The molecule has 0 aliphatic carbocycles. The quantitative estimate of drug-likeness (QED) is 0.0861. The highest BCUT2D eigenvalue weighted by Crippen LogP contribution is 2.45. The van der Waals surface area contributed by atoms with Gasteiger partial charge in [-0.25, -0.2) is 0 Å². The van der Waals surface area contributed by atoms with Gasteiger partial charge in [-0.2, -0.15) is 0 Å². The van der Waals surface area contributed by atoms with Crippen molar-refractivity contribution in [3.8, 4) is 0 Å². The van der Waals surface area contributed by atoms with E-state index in [4.69, 9.17) is 0 Å². The maximum absolute atomic E-state index is 12.1. The lowest BCUT2D eigenvalue weighted by Gasteiger charge is -2.39. The third-order valence-electron chi connectivity index (χ3n) is 6.33. The second-order valence-electron chi connectivity index (χ2n) is 9.69. The van der Waals surface area contributed by atoms with Crippen LogP contribution in [0.4, 0.5) is 0 Å². The first-order valence-corrected chi connectivity index (χ1v) is 13.6. The molecule has 0 aromatic heterocycles. The van der Waals surface area contributed by atoms with E-state index in [1.165, 1.54) is 70.6 Å². The summed E-state index contributed by atoms with van der Waals surface area (Å²) in [5, 5.41) is -0.601. The Hall–Kier alpha value is -0.240. The van der Waals surface area contributed by atoms with Gasteiger partial charge in [0.15, 0.2) is 0 Å². The molecular weight excluding hydrogens is 377 g/mol. The molecule has 0 fully saturated rings. The third kappa shape index (κ3) is 12.9. The predicted molar refractivity (Wildman–Crippen MR) is 127 cm³/mol. The van der Waals surface area contributed by atoms with Crippen molar-refractivity contribution in [3.63, 3.8) is 0 Å². The molecule has 0 spiro atoms. The van der Waals surface area contributed by atoms with Crippen LogP contribution in [0.15, 0.2) is 12.2 Å². The maximum atomic E-state index is 12.1. The van der Waals surface area contributed by atoms with E-state index < -0.39 is 13.3 Å². The Morgan fingerprint density at radius 3 is 1.55 bits per heavy atom. The van der Waals surface area contributed by atoms with Crippen LogP contribution < -0.4 is 4.89 Å². The Morgan fingerprint density at radius 1 is 0.690 bits per heavy atom. The van der Waals surface area contributed by atoms with E-state index in [1.54, 1.807) is 0 Å². The van der Waals surface area contributed by atoms with Crippen LogP contribution in [-0.4, -0.2) is 30.9 Å². The van der Waals surface area contributed by atoms with E-state index in [0.717, 1.165) is 38.5 Å². The van der Waals surface area contributed by atoms with Crippen LogP contribution in [0.5, 0.6) is 0 Å². The van der Waals surface area contributed by atoms with Crippen LogP contribution in [0.1, 0.15) is 123 Å². The molecule has 0 N–H and O–H groups in total. The molecule has 4 heteroatoms. The average molecular weight is 429 g/mol. The van der Waals surface area contributed by atoms with Gasteiger partial charge in [-0.05, 0) is 38.5 Å². The predicted octanol–water partition coefficient (Wildman–Crippen LogP) is 7.72. The molecule has 0 radical (unpaired) electrons. The number of hydrogen-bond acceptors (Lipinski definition) is 2. The van der Waals surface area contributed by atoms with Gasteiger partial charge in [-0.15, -0.1) is 0 Å². The van der Waals surface area contributed by atoms with Crippen molar-refractivity contribution in [1.82, 2.24) is 0 Å². The second kappa shape index (κ2) is 17.4. The van der Waals surface area contributed by atoms with Crippen LogP contribution in [-0.2, 0) is 4.57 Å². The minimum atomic E-state index is -2.43. The molecule has 0 aliphatic rings. The van der Waals surface area contributed by atoms with Gasteiger partial charge in [0.25, 0.3) is 5.28 Å². The minimum absolute atomic E-state index is 0.512. The van der Waals surface area contributed by atoms with E-state index in [-0.39, 0.29) is 0 Å². The van der Waals surface area contributed by atoms with Gasteiger partial charge in [-0.1, -0.05) is 88.4 Å². The van der Waals surface area contributed by atoms with Crippen molar-refractivity contribution < 1.29 is 13.9 Å². The first kappa shape index (κ1) is 28.8. The summed E-state index contributed by atoms with van der Waals surface area (Å²) in [6.07, 6.45) is 25.3. The first-order chi connectivity index (χ1) is 13.8. The molecule has 3 nitrogen and oxygen atoms in total. The summed E-state index contributed by atoms with van der Waals surface area (Å²) in [7, 11) is 3.64. The van der Waals surface area contributed by atoms with Gasteiger partial charge in [-0.3, -0.25) is 4.48 Å². The van der Waals surface area contributed by atoms with Crippen molar-refractivity contribution >= 4 is 8.03 Å². The fourth-order valence-corrected chi connectivity index (χ4v) is 5.52. The van der Waals surface area contributed by atoms with Crippen molar-refractivity contribution in [3.05, 3.63) is 12.2 Å². The fraction of sp³-hybridized carbons (Fsp3) is 0.920.